The number of aromatic nitrogens is 1. The summed E-state index contributed by atoms with van der Waals surface area (Å²) in [6.07, 6.45) is 9.01. The molecule has 29 heavy (non-hydrogen) atoms. The maximum absolute atomic E-state index is 5.52. The number of hydrogen-bond donors (Lipinski definition) is 0. The molecule has 1 aromatic heterocycles. The lowest BCUT2D eigenvalue weighted by atomic mass is 9.86. The Hall–Kier alpha value is -2.48. The van der Waals surface area contributed by atoms with Gasteiger partial charge in [-0.3, -0.25) is 0 Å². The molecule has 4 rings (SSSR count). The van der Waals surface area contributed by atoms with Crippen molar-refractivity contribution in [2.75, 3.05) is 7.11 Å². The lowest BCUT2D eigenvalue weighted by Gasteiger charge is -2.24. The van der Waals surface area contributed by atoms with Gasteiger partial charge in [-0.15, -0.1) is 0 Å². The Morgan fingerprint density at radius 3 is 2.45 bits per heavy atom. The standard InChI is InChI=1S/C27H33NO/c1-3-11-26-25(23-16-10-17-24(18-23)29-2)19-27(22-14-8-5-9-15-22)28(26)20-21-12-6-4-7-13-21/h4,6-7,10,12-13,16-19,22H,3,5,8-9,11,14-15,20H2,1-2H3. The Morgan fingerprint density at radius 1 is 0.931 bits per heavy atom. The summed E-state index contributed by atoms with van der Waals surface area (Å²) in [7, 11) is 1.75. The van der Waals surface area contributed by atoms with Crippen molar-refractivity contribution in [1.29, 1.82) is 0 Å². The highest BCUT2D eigenvalue weighted by Crippen LogP contribution is 2.39. The summed E-state index contributed by atoms with van der Waals surface area (Å²) in [5.41, 5.74) is 7.06. The van der Waals surface area contributed by atoms with Gasteiger partial charge in [0.1, 0.15) is 5.75 Å². The Morgan fingerprint density at radius 2 is 1.72 bits per heavy atom. The molecule has 0 atom stereocenters. The fraction of sp³-hybridized carbons (Fsp3) is 0.407. The predicted molar refractivity (Wildman–Crippen MR) is 122 cm³/mol. The molecular weight excluding hydrogens is 354 g/mol. The lowest BCUT2D eigenvalue weighted by Crippen LogP contribution is -2.14. The van der Waals surface area contributed by atoms with Gasteiger partial charge in [-0.05, 0) is 54.5 Å². The second kappa shape index (κ2) is 9.35. The van der Waals surface area contributed by atoms with Gasteiger partial charge in [0.2, 0.25) is 0 Å². The lowest BCUT2D eigenvalue weighted by molar-refractivity contribution is 0.415. The van der Waals surface area contributed by atoms with Crippen molar-refractivity contribution >= 4 is 0 Å². The van der Waals surface area contributed by atoms with Gasteiger partial charge in [0.05, 0.1) is 7.11 Å². The van der Waals surface area contributed by atoms with Gasteiger partial charge in [0, 0.05) is 23.5 Å². The third-order valence-corrected chi connectivity index (χ3v) is 6.32. The third-order valence-electron chi connectivity index (χ3n) is 6.32. The SMILES string of the molecule is CCCc1c(-c2cccc(OC)c2)cc(C2CCCCC2)n1Cc1ccccc1. The van der Waals surface area contributed by atoms with Crippen LogP contribution in [0.4, 0.5) is 0 Å². The first-order chi connectivity index (χ1) is 14.3. The van der Waals surface area contributed by atoms with Crippen LogP contribution in [0.1, 0.15) is 68.3 Å². The molecule has 3 aromatic rings. The molecule has 1 aliphatic carbocycles. The van der Waals surface area contributed by atoms with Gasteiger partial charge in [-0.1, -0.05) is 75.1 Å². The van der Waals surface area contributed by atoms with E-state index in [0.29, 0.717) is 5.92 Å². The third kappa shape index (κ3) is 4.42. The fourth-order valence-electron chi connectivity index (χ4n) is 4.85. The summed E-state index contributed by atoms with van der Waals surface area (Å²) in [6.45, 7) is 3.25. The second-order valence-electron chi connectivity index (χ2n) is 8.32. The predicted octanol–water partition coefficient (Wildman–Crippen LogP) is 7.21. The Labute approximate surface area is 175 Å². The van der Waals surface area contributed by atoms with Crippen molar-refractivity contribution in [3.63, 3.8) is 0 Å². The van der Waals surface area contributed by atoms with Crippen LogP contribution in [0, 0.1) is 0 Å². The van der Waals surface area contributed by atoms with Gasteiger partial charge in [-0.2, -0.15) is 0 Å². The van der Waals surface area contributed by atoms with E-state index in [1.807, 2.05) is 6.07 Å². The van der Waals surface area contributed by atoms with Crippen LogP contribution in [0.5, 0.6) is 5.75 Å². The van der Waals surface area contributed by atoms with E-state index < -0.39 is 0 Å². The first-order valence-electron chi connectivity index (χ1n) is 11.2. The molecule has 2 nitrogen and oxygen atoms in total. The topological polar surface area (TPSA) is 14.2 Å². The van der Waals surface area contributed by atoms with Crippen molar-refractivity contribution < 1.29 is 4.74 Å². The summed E-state index contributed by atoms with van der Waals surface area (Å²) in [5, 5.41) is 0. The van der Waals surface area contributed by atoms with E-state index in [1.54, 1.807) is 7.11 Å². The van der Waals surface area contributed by atoms with Crippen LogP contribution in [0.15, 0.2) is 60.7 Å². The largest absolute Gasteiger partial charge is 0.497 e. The molecule has 0 saturated heterocycles. The van der Waals surface area contributed by atoms with E-state index in [2.05, 4.69) is 66.1 Å². The van der Waals surface area contributed by atoms with Crippen LogP contribution < -0.4 is 4.74 Å². The molecule has 1 saturated carbocycles. The van der Waals surface area contributed by atoms with Crippen LogP contribution in [-0.2, 0) is 13.0 Å². The van der Waals surface area contributed by atoms with E-state index in [4.69, 9.17) is 4.74 Å². The van der Waals surface area contributed by atoms with Crippen molar-refractivity contribution in [2.45, 2.75) is 64.3 Å². The molecule has 0 N–H and O–H groups in total. The summed E-state index contributed by atoms with van der Waals surface area (Å²) in [5.74, 6) is 1.61. The molecule has 0 spiro atoms. The first-order valence-corrected chi connectivity index (χ1v) is 11.2. The number of benzene rings is 2. The molecule has 0 bridgehead atoms. The van der Waals surface area contributed by atoms with Crippen molar-refractivity contribution in [2.24, 2.45) is 0 Å². The quantitative estimate of drug-likeness (QED) is 0.418. The molecule has 0 radical (unpaired) electrons. The Balaban J connectivity index is 1.83. The number of hydrogen-bond acceptors (Lipinski definition) is 1. The highest BCUT2D eigenvalue weighted by atomic mass is 16.5. The smallest absolute Gasteiger partial charge is 0.119 e. The van der Waals surface area contributed by atoms with Crippen molar-refractivity contribution in [3.05, 3.63) is 77.6 Å². The van der Waals surface area contributed by atoms with E-state index in [0.717, 1.165) is 25.1 Å². The van der Waals surface area contributed by atoms with Gasteiger partial charge in [0.25, 0.3) is 0 Å². The maximum Gasteiger partial charge on any atom is 0.119 e. The van der Waals surface area contributed by atoms with Crippen LogP contribution >= 0.6 is 0 Å². The molecule has 152 valence electrons. The highest BCUT2D eigenvalue weighted by Gasteiger charge is 2.24. The van der Waals surface area contributed by atoms with E-state index >= 15 is 0 Å². The number of nitrogens with zero attached hydrogens (tertiary/aromatic N) is 1. The summed E-state index contributed by atoms with van der Waals surface area (Å²) in [4.78, 5) is 0. The summed E-state index contributed by atoms with van der Waals surface area (Å²) < 4.78 is 8.16. The molecule has 1 heterocycles. The second-order valence-corrected chi connectivity index (χ2v) is 8.32. The average molecular weight is 388 g/mol. The normalized spacial score (nSPS) is 14.8. The number of ether oxygens (including phenoxy) is 1. The Kier molecular flexibility index (Phi) is 6.39. The first kappa shape index (κ1) is 19.8. The zero-order valence-corrected chi connectivity index (χ0v) is 17.9. The summed E-state index contributed by atoms with van der Waals surface area (Å²) in [6, 6.07) is 22.0. The molecule has 1 aliphatic rings. The molecule has 1 fully saturated rings. The van der Waals surface area contributed by atoms with E-state index in [1.165, 1.54) is 60.2 Å². The molecule has 0 unspecified atom stereocenters. The molecule has 0 aliphatic heterocycles. The average Bonchev–Trinajstić information content (AvgIpc) is 3.13. The zero-order chi connectivity index (χ0) is 20.1. The number of rotatable bonds is 7. The van der Waals surface area contributed by atoms with Gasteiger partial charge in [-0.25, -0.2) is 0 Å². The minimum atomic E-state index is 0.683. The molecule has 2 heteroatoms. The van der Waals surface area contributed by atoms with E-state index in [9.17, 15) is 0 Å². The van der Waals surface area contributed by atoms with Crippen LogP contribution in [0.2, 0.25) is 0 Å². The molecule has 0 amide bonds. The van der Waals surface area contributed by atoms with Crippen molar-refractivity contribution in [3.8, 4) is 16.9 Å². The zero-order valence-electron chi connectivity index (χ0n) is 17.9. The van der Waals surface area contributed by atoms with Gasteiger partial charge >= 0.3 is 0 Å². The van der Waals surface area contributed by atoms with Crippen LogP contribution in [0.3, 0.4) is 0 Å². The fourth-order valence-corrected chi connectivity index (χ4v) is 4.85. The highest BCUT2D eigenvalue weighted by molar-refractivity contribution is 5.69. The van der Waals surface area contributed by atoms with Gasteiger partial charge < -0.3 is 9.30 Å². The minimum Gasteiger partial charge on any atom is -0.497 e. The number of methoxy groups -OCH3 is 1. The van der Waals surface area contributed by atoms with Crippen LogP contribution in [0.25, 0.3) is 11.1 Å². The monoisotopic (exact) mass is 387 g/mol. The van der Waals surface area contributed by atoms with Crippen molar-refractivity contribution in [1.82, 2.24) is 4.57 Å². The molecular formula is C27H33NO. The maximum atomic E-state index is 5.52. The summed E-state index contributed by atoms with van der Waals surface area (Å²) >= 11 is 0. The van der Waals surface area contributed by atoms with Crippen LogP contribution in [-0.4, -0.2) is 11.7 Å². The van der Waals surface area contributed by atoms with E-state index in [-0.39, 0.29) is 0 Å². The van der Waals surface area contributed by atoms with Gasteiger partial charge in [0.15, 0.2) is 0 Å². The molecule has 2 aromatic carbocycles. The Bertz CT molecular complexity index is 919. The minimum absolute atomic E-state index is 0.683.